The first-order chi connectivity index (χ1) is 6.92. The summed E-state index contributed by atoms with van der Waals surface area (Å²) in [5, 5.41) is 3.47. The lowest BCUT2D eigenvalue weighted by Crippen LogP contribution is -2.25. The molecule has 3 nitrogen and oxygen atoms in total. The van der Waals surface area contributed by atoms with E-state index < -0.39 is 0 Å². The van der Waals surface area contributed by atoms with Crippen LogP contribution >= 0.6 is 11.3 Å². The second-order valence-corrected chi connectivity index (χ2v) is 5.31. The van der Waals surface area contributed by atoms with Gasteiger partial charge in [0.1, 0.15) is 0 Å². The number of thiazole rings is 1. The highest BCUT2D eigenvalue weighted by Crippen LogP contribution is 2.27. The lowest BCUT2D eigenvalue weighted by molar-refractivity contribution is 0.308. The van der Waals surface area contributed by atoms with Crippen molar-refractivity contribution >= 4 is 11.3 Å². The molecular formula is C10H15N3S. The van der Waals surface area contributed by atoms with Crippen LogP contribution in [0.2, 0.25) is 0 Å². The van der Waals surface area contributed by atoms with Gasteiger partial charge in [0, 0.05) is 30.7 Å². The highest BCUT2D eigenvalue weighted by molar-refractivity contribution is 7.09. The van der Waals surface area contributed by atoms with Crippen molar-refractivity contribution in [1.29, 1.82) is 0 Å². The van der Waals surface area contributed by atoms with Gasteiger partial charge in [0.15, 0.2) is 0 Å². The Hall–Kier alpha value is -0.450. The Morgan fingerprint density at radius 2 is 2.21 bits per heavy atom. The third kappa shape index (κ3) is 1.58. The van der Waals surface area contributed by atoms with E-state index in [4.69, 9.17) is 0 Å². The van der Waals surface area contributed by atoms with Crippen molar-refractivity contribution in [3.8, 4) is 0 Å². The average Bonchev–Trinajstić information content (AvgIpc) is 2.78. The molecule has 1 N–H and O–H groups in total. The van der Waals surface area contributed by atoms with Crippen LogP contribution in [-0.4, -0.2) is 36.1 Å². The molecule has 2 aliphatic rings. The van der Waals surface area contributed by atoms with Gasteiger partial charge >= 0.3 is 0 Å². The molecule has 76 valence electrons. The Morgan fingerprint density at radius 1 is 1.43 bits per heavy atom. The van der Waals surface area contributed by atoms with Gasteiger partial charge in [0.2, 0.25) is 0 Å². The first-order valence-corrected chi connectivity index (χ1v) is 6.10. The molecular weight excluding hydrogens is 194 g/mol. The quantitative estimate of drug-likeness (QED) is 0.780. The summed E-state index contributed by atoms with van der Waals surface area (Å²) in [6.07, 6.45) is 2.00. The van der Waals surface area contributed by atoms with Crippen LogP contribution < -0.4 is 5.32 Å². The van der Waals surface area contributed by atoms with Gasteiger partial charge < -0.3 is 5.32 Å². The van der Waals surface area contributed by atoms with E-state index in [9.17, 15) is 0 Å². The maximum Gasteiger partial charge on any atom is 0.0794 e. The third-order valence-electron chi connectivity index (χ3n) is 3.33. The fourth-order valence-electron chi connectivity index (χ4n) is 2.62. The summed E-state index contributed by atoms with van der Waals surface area (Å²) in [6.45, 7) is 6.11. The Kier molecular flexibility index (Phi) is 2.27. The third-order valence-corrected chi connectivity index (χ3v) is 4.09. The second kappa shape index (κ2) is 3.61. The Morgan fingerprint density at radius 3 is 2.86 bits per heavy atom. The standard InChI is InChI=1S/C10H15N3S/c1-8-4-13(5-9(8)2-11-1)6-10-3-12-7-14-10/h3,7-9,11H,1-2,4-6H2/t8-,9+. The van der Waals surface area contributed by atoms with Crippen LogP contribution in [0.1, 0.15) is 4.88 Å². The highest BCUT2D eigenvalue weighted by Gasteiger charge is 2.35. The number of hydrogen-bond donors (Lipinski definition) is 1. The minimum atomic E-state index is 0.905. The molecule has 0 radical (unpaired) electrons. The number of nitrogens with one attached hydrogen (secondary N) is 1. The van der Waals surface area contributed by atoms with Gasteiger partial charge in [-0.2, -0.15) is 0 Å². The number of rotatable bonds is 2. The molecule has 0 saturated carbocycles. The first-order valence-electron chi connectivity index (χ1n) is 5.22. The summed E-state index contributed by atoms with van der Waals surface area (Å²) in [5.74, 6) is 1.81. The van der Waals surface area contributed by atoms with E-state index in [0.29, 0.717) is 0 Å². The summed E-state index contributed by atoms with van der Waals surface area (Å²) in [6, 6.07) is 0. The molecule has 0 spiro atoms. The van der Waals surface area contributed by atoms with E-state index in [2.05, 4.69) is 15.2 Å². The van der Waals surface area contributed by atoms with Crippen LogP contribution in [0.4, 0.5) is 0 Å². The van der Waals surface area contributed by atoms with E-state index in [1.807, 2.05) is 11.7 Å². The average molecular weight is 209 g/mol. The topological polar surface area (TPSA) is 28.2 Å². The molecule has 4 heteroatoms. The molecule has 0 amide bonds. The molecule has 3 rings (SSSR count). The molecule has 2 fully saturated rings. The van der Waals surface area contributed by atoms with Crippen molar-refractivity contribution in [2.45, 2.75) is 6.54 Å². The van der Waals surface area contributed by atoms with Crippen LogP contribution in [-0.2, 0) is 6.54 Å². The summed E-state index contributed by atoms with van der Waals surface area (Å²) < 4.78 is 0. The first kappa shape index (κ1) is 8.83. The molecule has 3 heterocycles. The van der Waals surface area contributed by atoms with Crippen LogP contribution in [0.15, 0.2) is 11.7 Å². The second-order valence-electron chi connectivity index (χ2n) is 4.34. The molecule has 1 aromatic heterocycles. The Bertz CT molecular complexity index is 286. The van der Waals surface area contributed by atoms with Crippen molar-refractivity contribution in [2.24, 2.45) is 11.8 Å². The smallest absolute Gasteiger partial charge is 0.0794 e. The van der Waals surface area contributed by atoms with Crippen molar-refractivity contribution in [2.75, 3.05) is 26.2 Å². The minimum Gasteiger partial charge on any atom is -0.316 e. The normalized spacial score (nSPS) is 32.3. The van der Waals surface area contributed by atoms with Gasteiger partial charge in [-0.05, 0) is 24.9 Å². The maximum atomic E-state index is 4.12. The zero-order valence-corrected chi connectivity index (χ0v) is 8.96. The zero-order chi connectivity index (χ0) is 9.38. The lowest BCUT2D eigenvalue weighted by atomic mass is 10.0. The van der Waals surface area contributed by atoms with Gasteiger partial charge in [-0.25, -0.2) is 0 Å². The van der Waals surface area contributed by atoms with Gasteiger partial charge in [-0.15, -0.1) is 11.3 Å². The van der Waals surface area contributed by atoms with E-state index in [0.717, 1.165) is 18.4 Å². The van der Waals surface area contributed by atoms with E-state index in [-0.39, 0.29) is 0 Å². The van der Waals surface area contributed by atoms with Gasteiger partial charge in [0.25, 0.3) is 0 Å². The van der Waals surface area contributed by atoms with E-state index >= 15 is 0 Å². The van der Waals surface area contributed by atoms with Gasteiger partial charge in [-0.3, -0.25) is 9.88 Å². The number of fused-ring (bicyclic) bond motifs is 1. The Balaban J connectivity index is 1.61. The maximum absolute atomic E-state index is 4.12. The largest absolute Gasteiger partial charge is 0.316 e. The molecule has 1 aromatic rings. The van der Waals surface area contributed by atoms with Crippen molar-refractivity contribution < 1.29 is 0 Å². The molecule has 0 bridgehead atoms. The lowest BCUT2D eigenvalue weighted by Gasteiger charge is -2.15. The predicted octanol–water partition coefficient (Wildman–Crippen LogP) is 0.794. The van der Waals surface area contributed by atoms with Crippen LogP contribution in [0.25, 0.3) is 0 Å². The SMILES string of the molecule is c1ncc(CN2C[C@H]3CNC[C@H]3C2)s1. The number of likely N-dealkylation sites (tertiary alicyclic amines) is 1. The molecule has 2 saturated heterocycles. The summed E-state index contributed by atoms with van der Waals surface area (Å²) in [7, 11) is 0. The summed E-state index contributed by atoms with van der Waals surface area (Å²) >= 11 is 1.77. The monoisotopic (exact) mass is 209 g/mol. The molecule has 14 heavy (non-hydrogen) atoms. The molecule has 0 aromatic carbocycles. The van der Waals surface area contributed by atoms with Crippen molar-refractivity contribution in [3.63, 3.8) is 0 Å². The van der Waals surface area contributed by atoms with Gasteiger partial charge in [-0.1, -0.05) is 0 Å². The fraction of sp³-hybridized carbons (Fsp3) is 0.700. The van der Waals surface area contributed by atoms with Gasteiger partial charge in [0.05, 0.1) is 5.51 Å². The van der Waals surface area contributed by atoms with Crippen LogP contribution in [0.3, 0.4) is 0 Å². The van der Waals surface area contributed by atoms with Crippen molar-refractivity contribution in [3.05, 3.63) is 16.6 Å². The summed E-state index contributed by atoms with van der Waals surface area (Å²) in [5.41, 5.74) is 1.92. The molecule has 2 atom stereocenters. The van der Waals surface area contributed by atoms with E-state index in [1.54, 1.807) is 11.3 Å². The fourth-order valence-corrected chi connectivity index (χ4v) is 3.26. The predicted molar refractivity (Wildman–Crippen MR) is 57.2 cm³/mol. The molecule has 0 unspecified atom stereocenters. The molecule has 0 aliphatic carbocycles. The number of aromatic nitrogens is 1. The molecule has 2 aliphatic heterocycles. The minimum absolute atomic E-state index is 0.905. The zero-order valence-electron chi connectivity index (χ0n) is 8.15. The Labute approximate surface area is 88.1 Å². The van der Waals surface area contributed by atoms with Crippen molar-refractivity contribution in [1.82, 2.24) is 15.2 Å². The van der Waals surface area contributed by atoms with E-state index in [1.165, 1.54) is 31.1 Å². The van der Waals surface area contributed by atoms with Crippen LogP contribution in [0.5, 0.6) is 0 Å². The number of hydrogen-bond acceptors (Lipinski definition) is 4. The summed E-state index contributed by atoms with van der Waals surface area (Å²) in [4.78, 5) is 8.09. The van der Waals surface area contributed by atoms with Crippen LogP contribution in [0, 0.1) is 11.8 Å². The highest BCUT2D eigenvalue weighted by atomic mass is 32.1. The number of nitrogens with zero attached hydrogens (tertiary/aromatic N) is 2.